The summed E-state index contributed by atoms with van der Waals surface area (Å²) in [6, 6.07) is 9.07. The average molecular weight is 398 g/mol. The summed E-state index contributed by atoms with van der Waals surface area (Å²) in [5.41, 5.74) is 6.99. The Hall–Kier alpha value is -2.87. The minimum absolute atomic E-state index is 0.0938. The molecule has 1 unspecified atom stereocenters. The van der Waals surface area contributed by atoms with E-state index >= 15 is 0 Å². The first-order valence-electron chi connectivity index (χ1n) is 9.19. The number of primary amides is 1. The molecule has 2 amide bonds. The van der Waals surface area contributed by atoms with Crippen molar-refractivity contribution in [2.24, 2.45) is 11.7 Å². The Kier molecular flexibility index (Phi) is 4.58. The summed E-state index contributed by atoms with van der Waals surface area (Å²) in [4.78, 5) is 28.2. The first kappa shape index (κ1) is 18.5. The minimum atomic E-state index is -0.869. The Balaban J connectivity index is 1.73. The molecule has 1 aliphatic rings. The number of thiophene rings is 1. The van der Waals surface area contributed by atoms with Crippen LogP contribution >= 0.6 is 11.3 Å². The topological polar surface area (TPSA) is 90.5 Å². The van der Waals surface area contributed by atoms with Gasteiger partial charge in [0.15, 0.2) is 6.10 Å². The molecule has 0 fully saturated rings. The van der Waals surface area contributed by atoms with E-state index in [0.29, 0.717) is 22.2 Å². The van der Waals surface area contributed by atoms with Gasteiger partial charge in [-0.25, -0.2) is 0 Å². The third-order valence-corrected chi connectivity index (χ3v) is 5.83. The van der Waals surface area contributed by atoms with Gasteiger partial charge in [0.25, 0.3) is 11.8 Å². The summed E-state index contributed by atoms with van der Waals surface area (Å²) < 4.78 is 7.62. The summed E-state index contributed by atoms with van der Waals surface area (Å²) in [5.74, 6) is 0.172. The molecule has 1 atom stereocenters. The van der Waals surface area contributed by atoms with Crippen molar-refractivity contribution in [1.29, 1.82) is 0 Å². The quantitative estimate of drug-likeness (QED) is 0.732. The van der Waals surface area contributed by atoms with Crippen LogP contribution in [0.4, 0.5) is 5.69 Å². The normalized spacial score (nSPS) is 16.3. The van der Waals surface area contributed by atoms with Crippen LogP contribution in [0, 0.1) is 12.8 Å². The third-order valence-electron chi connectivity index (χ3n) is 4.69. The van der Waals surface area contributed by atoms with E-state index in [9.17, 15) is 9.59 Å². The van der Waals surface area contributed by atoms with Gasteiger partial charge < -0.3 is 10.5 Å². The molecule has 0 spiro atoms. The van der Waals surface area contributed by atoms with Gasteiger partial charge in [-0.15, -0.1) is 11.3 Å². The number of ether oxygens (including phenoxy) is 1. The number of rotatable bonds is 4. The van der Waals surface area contributed by atoms with E-state index in [2.05, 4.69) is 18.9 Å². The second-order valence-electron chi connectivity index (χ2n) is 7.38. The van der Waals surface area contributed by atoms with Gasteiger partial charge in [-0.05, 0) is 31.0 Å². The SMILES string of the molecule is Cc1nn(CC(C)C)c2sc(C(=O)N3CC(C(N)=O)Oc4ccccc43)cc12. The Bertz CT molecular complexity index is 1070. The fraction of sp³-hybridized carbons (Fsp3) is 0.350. The van der Waals surface area contributed by atoms with E-state index in [-0.39, 0.29) is 12.5 Å². The molecule has 1 aliphatic heterocycles. The average Bonchev–Trinajstić information content (AvgIpc) is 3.21. The van der Waals surface area contributed by atoms with E-state index in [0.717, 1.165) is 22.5 Å². The van der Waals surface area contributed by atoms with Crippen molar-refractivity contribution < 1.29 is 14.3 Å². The number of aryl methyl sites for hydroxylation is 1. The van der Waals surface area contributed by atoms with Gasteiger partial charge in [0.05, 0.1) is 22.8 Å². The van der Waals surface area contributed by atoms with Crippen LogP contribution in [0.15, 0.2) is 30.3 Å². The molecule has 0 saturated heterocycles. The predicted octanol–water partition coefficient (Wildman–Crippen LogP) is 2.96. The van der Waals surface area contributed by atoms with Gasteiger partial charge in [0.1, 0.15) is 10.6 Å². The van der Waals surface area contributed by atoms with Crippen molar-refractivity contribution in [3.05, 3.63) is 40.9 Å². The maximum atomic E-state index is 13.3. The van der Waals surface area contributed by atoms with E-state index in [1.54, 1.807) is 17.0 Å². The van der Waals surface area contributed by atoms with Gasteiger partial charge >= 0.3 is 0 Å². The van der Waals surface area contributed by atoms with Gasteiger partial charge in [-0.2, -0.15) is 5.10 Å². The predicted molar refractivity (Wildman–Crippen MR) is 109 cm³/mol. The Labute approximate surface area is 166 Å². The van der Waals surface area contributed by atoms with Crippen LogP contribution in [0.1, 0.15) is 29.2 Å². The van der Waals surface area contributed by atoms with Crippen molar-refractivity contribution in [2.75, 3.05) is 11.4 Å². The molecule has 146 valence electrons. The lowest BCUT2D eigenvalue weighted by molar-refractivity contribution is -0.124. The molecular weight excluding hydrogens is 376 g/mol. The maximum Gasteiger partial charge on any atom is 0.268 e. The molecule has 3 heterocycles. The smallest absolute Gasteiger partial charge is 0.268 e. The number of nitrogens with two attached hydrogens (primary N) is 1. The van der Waals surface area contributed by atoms with Crippen LogP contribution in [0.5, 0.6) is 5.75 Å². The highest BCUT2D eigenvalue weighted by Crippen LogP contribution is 2.36. The van der Waals surface area contributed by atoms with Crippen molar-refractivity contribution >= 4 is 39.1 Å². The van der Waals surface area contributed by atoms with Crippen molar-refractivity contribution in [2.45, 2.75) is 33.4 Å². The van der Waals surface area contributed by atoms with E-state index in [4.69, 9.17) is 10.5 Å². The number of amides is 2. The number of hydrogen-bond acceptors (Lipinski definition) is 5. The molecule has 8 heteroatoms. The maximum absolute atomic E-state index is 13.3. The Morgan fingerprint density at radius 3 is 2.82 bits per heavy atom. The molecule has 0 aliphatic carbocycles. The van der Waals surface area contributed by atoms with Gasteiger partial charge in [-0.1, -0.05) is 26.0 Å². The standard InChI is InChI=1S/C20H22N4O3S/c1-11(2)9-24-20-13(12(3)22-24)8-17(28-20)19(26)23-10-16(18(21)25)27-15-7-5-4-6-14(15)23/h4-8,11,16H,9-10H2,1-3H3,(H2,21,25). The van der Waals surface area contributed by atoms with E-state index in [1.807, 2.05) is 29.8 Å². The number of para-hydroxylation sites is 2. The molecular formula is C20H22N4O3S. The lowest BCUT2D eigenvalue weighted by atomic mass is 10.1. The number of aromatic nitrogens is 2. The molecule has 2 aromatic heterocycles. The number of hydrogen-bond donors (Lipinski definition) is 1. The zero-order chi connectivity index (χ0) is 20.0. The molecule has 7 nitrogen and oxygen atoms in total. The first-order chi connectivity index (χ1) is 13.3. The summed E-state index contributed by atoms with van der Waals surface area (Å²) in [6.07, 6.45) is -0.869. The summed E-state index contributed by atoms with van der Waals surface area (Å²) in [6.45, 7) is 7.11. The molecule has 3 aromatic rings. The zero-order valence-corrected chi connectivity index (χ0v) is 16.8. The molecule has 1 aromatic carbocycles. The number of benzene rings is 1. The third kappa shape index (κ3) is 3.13. The minimum Gasteiger partial charge on any atom is -0.477 e. The Morgan fingerprint density at radius 2 is 2.11 bits per heavy atom. The fourth-order valence-electron chi connectivity index (χ4n) is 3.40. The van der Waals surface area contributed by atoms with Crippen LogP contribution in [-0.4, -0.2) is 34.2 Å². The highest BCUT2D eigenvalue weighted by Gasteiger charge is 2.34. The number of anilines is 1. The van der Waals surface area contributed by atoms with Crippen LogP contribution in [-0.2, 0) is 11.3 Å². The molecule has 0 saturated carbocycles. The van der Waals surface area contributed by atoms with Crippen LogP contribution in [0.25, 0.3) is 10.2 Å². The molecule has 2 N–H and O–H groups in total. The summed E-state index contributed by atoms with van der Waals surface area (Å²) >= 11 is 1.43. The lowest BCUT2D eigenvalue weighted by Gasteiger charge is -2.33. The van der Waals surface area contributed by atoms with Crippen molar-refractivity contribution in [3.63, 3.8) is 0 Å². The molecule has 4 rings (SSSR count). The van der Waals surface area contributed by atoms with Crippen molar-refractivity contribution in [3.8, 4) is 5.75 Å². The molecule has 0 radical (unpaired) electrons. The molecule has 0 bridgehead atoms. The summed E-state index contributed by atoms with van der Waals surface area (Å²) in [7, 11) is 0. The number of fused-ring (bicyclic) bond motifs is 2. The fourth-order valence-corrected chi connectivity index (χ4v) is 4.52. The van der Waals surface area contributed by atoms with Crippen LogP contribution in [0.2, 0.25) is 0 Å². The number of carbonyl (C=O) groups is 2. The number of carbonyl (C=O) groups excluding carboxylic acids is 2. The highest BCUT2D eigenvalue weighted by atomic mass is 32.1. The molecule has 28 heavy (non-hydrogen) atoms. The van der Waals surface area contributed by atoms with E-state index in [1.165, 1.54) is 11.3 Å². The zero-order valence-electron chi connectivity index (χ0n) is 16.0. The first-order valence-corrected chi connectivity index (χ1v) is 10.0. The van der Waals surface area contributed by atoms with Crippen LogP contribution in [0.3, 0.4) is 0 Å². The van der Waals surface area contributed by atoms with Crippen LogP contribution < -0.4 is 15.4 Å². The van der Waals surface area contributed by atoms with Gasteiger partial charge in [-0.3, -0.25) is 19.2 Å². The van der Waals surface area contributed by atoms with Gasteiger partial charge in [0, 0.05) is 11.9 Å². The second-order valence-corrected chi connectivity index (χ2v) is 8.41. The lowest BCUT2D eigenvalue weighted by Crippen LogP contribution is -2.49. The monoisotopic (exact) mass is 398 g/mol. The van der Waals surface area contributed by atoms with Gasteiger partial charge in [0.2, 0.25) is 0 Å². The second kappa shape index (κ2) is 6.94. The summed E-state index contributed by atoms with van der Waals surface area (Å²) in [5, 5.41) is 5.58. The number of nitrogens with zero attached hydrogens (tertiary/aromatic N) is 3. The highest BCUT2D eigenvalue weighted by molar-refractivity contribution is 7.20. The van der Waals surface area contributed by atoms with Crippen molar-refractivity contribution in [1.82, 2.24) is 9.78 Å². The largest absolute Gasteiger partial charge is 0.477 e. The Morgan fingerprint density at radius 1 is 1.36 bits per heavy atom. The van der Waals surface area contributed by atoms with E-state index < -0.39 is 12.0 Å².